The van der Waals surface area contributed by atoms with E-state index in [0.29, 0.717) is 23.8 Å². The first-order chi connectivity index (χ1) is 7.70. The SMILES string of the molecule is CC(=O)c1c(Cl)cccc1N1CCOCC1. The van der Waals surface area contributed by atoms with Gasteiger partial charge in [0.25, 0.3) is 0 Å². The molecule has 0 unspecified atom stereocenters. The van der Waals surface area contributed by atoms with Gasteiger partial charge in [-0.1, -0.05) is 17.7 Å². The van der Waals surface area contributed by atoms with Crippen molar-refractivity contribution in [3.63, 3.8) is 0 Å². The summed E-state index contributed by atoms with van der Waals surface area (Å²) in [6.07, 6.45) is 0. The van der Waals surface area contributed by atoms with Gasteiger partial charge >= 0.3 is 0 Å². The lowest BCUT2D eigenvalue weighted by Crippen LogP contribution is -2.37. The summed E-state index contributed by atoms with van der Waals surface area (Å²) in [7, 11) is 0. The highest BCUT2D eigenvalue weighted by Crippen LogP contribution is 2.28. The van der Waals surface area contributed by atoms with Crippen LogP contribution in [0.5, 0.6) is 0 Å². The fourth-order valence-electron chi connectivity index (χ4n) is 1.93. The largest absolute Gasteiger partial charge is 0.378 e. The van der Waals surface area contributed by atoms with Crippen LogP contribution >= 0.6 is 11.6 Å². The van der Waals surface area contributed by atoms with Crippen molar-refractivity contribution in [1.29, 1.82) is 0 Å². The Hall–Kier alpha value is -1.06. The molecular formula is C12H14ClNO2. The first kappa shape index (κ1) is 11.4. The van der Waals surface area contributed by atoms with E-state index >= 15 is 0 Å². The van der Waals surface area contributed by atoms with E-state index in [2.05, 4.69) is 4.90 Å². The van der Waals surface area contributed by atoms with Crippen molar-refractivity contribution in [2.24, 2.45) is 0 Å². The third-order valence-electron chi connectivity index (χ3n) is 2.70. The van der Waals surface area contributed by atoms with Crippen LogP contribution in [0.1, 0.15) is 17.3 Å². The van der Waals surface area contributed by atoms with Gasteiger partial charge in [-0.2, -0.15) is 0 Å². The predicted octanol–water partition coefficient (Wildman–Crippen LogP) is 2.38. The fraction of sp³-hybridized carbons (Fsp3) is 0.417. The number of benzene rings is 1. The Labute approximate surface area is 100.0 Å². The highest BCUT2D eigenvalue weighted by Gasteiger charge is 2.18. The van der Waals surface area contributed by atoms with E-state index < -0.39 is 0 Å². The molecule has 1 aliphatic heterocycles. The Morgan fingerprint density at radius 3 is 2.69 bits per heavy atom. The molecule has 1 aromatic rings. The molecule has 0 spiro atoms. The normalized spacial score (nSPS) is 16.2. The fourth-order valence-corrected chi connectivity index (χ4v) is 2.23. The van der Waals surface area contributed by atoms with Gasteiger partial charge in [-0.3, -0.25) is 4.79 Å². The van der Waals surface area contributed by atoms with Gasteiger partial charge in [0.2, 0.25) is 0 Å². The van der Waals surface area contributed by atoms with Crippen LogP contribution in [-0.4, -0.2) is 32.1 Å². The first-order valence-electron chi connectivity index (χ1n) is 5.32. The molecular weight excluding hydrogens is 226 g/mol. The van der Waals surface area contributed by atoms with Gasteiger partial charge in [-0.15, -0.1) is 0 Å². The molecule has 0 aliphatic carbocycles. The van der Waals surface area contributed by atoms with Crippen molar-refractivity contribution in [1.82, 2.24) is 0 Å². The van der Waals surface area contributed by atoms with Gasteiger partial charge in [0.05, 0.1) is 23.8 Å². The first-order valence-corrected chi connectivity index (χ1v) is 5.70. The summed E-state index contributed by atoms with van der Waals surface area (Å²) in [5.41, 5.74) is 1.54. The van der Waals surface area contributed by atoms with Crippen LogP contribution in [0.4, 0.5) is 5.69 Å². The summed E-state index contributed by atoms with van der Waals surface area (Å²) in [6.45, 7) is 4.56. The summed E-state index contributed by atoms with van der Waals surface area (Å²) in [4.78, 5) is 13.7. The second-order valence-corrected chi connectivity index (χ2v) is 4.20. The van der Waals surface area contributed by atoms with Crippen LogP contribution in [-0.2, 0) is 4.74 Å². The lowest BCUT2D eigenvalue weighted by molar-refractivity contribution is 0.101. The Bertz CT molecular complexity index is 400. The number of halogens is 1. The molecule has 16 heavy (non-hydrogen) atoms. The van der Waals surface area contributed by atoms with E-state index in [4.69, 9.17) is 16.3 Å². The highest BCUT2D eigenvalue weighted by molar-refractivity contribution is 6.34. The molecule has 0 atom stereocenters. The van der Waals surface area contributed by atoms with Crippen molar-refractivity contribution in [2.45, 2.75) is 6.92 Å². The third kappa shape index (κ3) is 2.20. The molecule has 1 fully saturated rings. The number of anilines is 1. The van der Waals surface area contributed by atoms with E-state index in [0.717, 1.165) is 18.8 Å². The summed E-state index contributed by atoms with van der Waals surface area (Å²) in [5, 5.41) is 0.525. The number of hydrogen-bond acceptors (Lipinski definition) is 3. The summed E-state index contributed by atoms with van der Waals surface area (Å²) in [6, 6.07) is 5.57. The van der Waals surface area contributed by atoms with Crippen molar-refractivity contribution in [3.8, 4) is 0 Å². The minimum absolute atomic E-state index is 0.00657. The molecule has 4 heteroatoms. The predicted molar refractivity (Wildman–Crippen MR) is 64.5 cm³/mol. The van der Waals surface area contributed by atoms with E-state index in [9.17, 15) is 4.79 Å². The number of ether oxygens (including phenoxy) is 1. The van der Waals surface area contributed by atoms with Crippen molar-refractivity contribution < 1.29 is 9.53 Å². The van der Waals surface area contributed by atoms with Crippen molar-refractivity contribution in [3.05, 3.63) is 28.8 Å². The van der Waals surface area contributed by atoms with E-state index in [1.165, 1.54) is 0 Å². The van der Waals surface area contributed by atoms with Crippen LogP contribution in [0, 0.1) is 0 Å². The third-order valence-corrected chi connectivity index (χ3v) is 3.01. The molecule has 0 radical (unpaired) electrons. The van der Waals surface area contributed by atoms with Crippen LogP contribution in [0.25, 0.3) is 0 Å². The van der Waals surface area contributed by atoms with Crippen molar-refractivity contribution in [2.75, 3.05) is 31.2 Å². The lowest BCUT2D eigenvalue weighted by Gasteiger charge is -2.30. The molecule has 2 rings (SSSR count). The monoisotopic (exact) mass is 239 g/mol. The standard InChI is InChI=1S/C12H14ClNO2/c1-9(15)12-10(13)3-2-4-11(12)14-5-7-16-8-6-14/h2-4H,5-8H2,1H3. The maximum Gasteiger partial charge on any atom is 0.163 e. The zero-order chi connectivity index (χ0) is 11.5. The van der Waals surface area contributed by atoms with Gasteiger partial charge in [-0.25, -0.2) is 0 Å². The molecule has 0 saturated carbocycles. The highest BCUT2D eigenvalue weighted by atomic mass is 35.5. The van der Waals surface area contributed by atoms with E-state index in [-0.39, 0.29) is 5.78 Å². The molecule has 0 bridgehead atoms. The zero-order valence-corrected chi connectivity index (χ0v) is 9.96. The minimum atomic E-state index is 0.00657. The molecule has 1 heterocycles. The quantitative estimate of drug-likeness (QED) is 0.743. The number of carbonyl (C=O) groups excluding carboxylic acids is 1. The minimum Gasteiger partial charge on any atom is -0.378 e. The van der Waals surface area contributed by atoms with Gasteiger partial charge < -0.3 is 9.64 Å². The zero-order valence-electron chi connectivity index (χ0n) is 9.20. The molecule has 1 aromatic carbocycles. The topological polar surface area (TPSA) is 29.5 Å². The van der Waals surface area contributed by atoms with Crippen LogP contribution in [0.3, 0.4) is 0 Å². The van der Waals surface area contributed by atoms with Gasteiger partial charge in [0.1, 0.15) is 0 Å². The van der Waals surface area contributed by atoms with Gasteiger partial charge in [0, 0.05) is 18.8 Å². The summed E-state index contributed by atoms with van der Waals surface area (Å²) >= 11 is 6.06. The molecule has 1 saturated heterocycles. The summed E-state index contributed by atoms with van der Waals surface area (Å²) in [5.74, 6) is 0.00657. The molecule has 3 nitrogen and oxygen atoms in total. The van der Waals surface area contributed by atoms with Crippen LogP contribution in [0.15, 0.2) is 18.2 Å². The molecule has 0 aromatic heterocycles. The van der Waals surface area contributed by atoms with Gasteiger partial charge in [-0.05, 0) is 19.1 Å². The molecule has 0 N–H and O–H groups in total. The number of nitrogens with zero attached hydrogens (tertiary/aromatic N) is 1. The maximum atomic E-state index is 11.6. The molecule has 1 aliphatic rings. The Kier molecular flexibility index (Phi) is 3.46. The number of rotatable bonds is 2. The number of carbonyl (C=O) groups is 1. The van der Waals surface area contributed by atoms with E-state index in [1.54, 1.807) is 13.0 Å². The summed E-state index contributed by atoms with van der Waals surface area (Å²) < 4.78 is 5.29. The Morgan fingerprint density at radius 1 is 1.38 bits per heavy atom. The lowest BCUT2D eigenvalue weighted by atomic mass is 10.1. The van der Waals surface area contributed by atoms with Crippen molar-refractivity contribution >= 4 is 23.1 Å². The Balaban J connectivity index is 2.38. The maximum absolute atomic E-state index is 11.6. The second kappa shape index (κ2) is 4.85. The average Bonchev–Trinajstić information content (AvgIpc) is 2.29. The number of hydrogen-bond donors (Lipinski definition) is 0. The van der Waals surface area contributed by atoms with Gasteiger partial charge in [0.15, 0.2) is 5.78 Å². The Morgan fingerprint density at radius 2 is 2.06 bits per heavy atom. The van der Waals surface area contributed by atoms with Crippen LogP contribution < -0.4 is 4.90 Å². The number of Topliss-reactive ketones (excluding diaryl/α,β-unsaturated/α-hetero) is 1. The second-order valence-electron chi connectivity index (χ2n) is 3.79. The van der Waals surface area contributed by atoms with Crippen LogP contribution in [0.2, 0.25) is 5.02 Å². The molecule has 0 amide bonds. The van der Waals surface area contributed by atoms with E-state index in [1.807, 2.05) is 12.1 Å². The smallest absolute Gasteiger partial charge is 0.163 e. The number of morpholine rings is 1. The molecule has 86 valence electrons. The number of ketones is 1. The average molecular weight is 240 g/mol.